The maximum absolute atomic E-state index is 13.7. The number of hydrogen-bond donors (Lipinski definition) is 1. The average Bonchev–Trinajstić information content (AvgIpc) is 3.35. The molecule has 7 nitrogen and oxygen atoms in total. The summed E-state index contributed by atoms with van der Waals surface area (Å²) in [6.45, 7) is 0.235. The molecule has 42 heavy (non-hydrogen) atoms. The van der Waals surface area contributed by atoms with Gasteiger partial charge in [-0.05, 0) is 34.9 Å². The molecule has 0 saturated carbocycles. The summed E-state index contributed by atoms with van der Waals surface area (Å²) in [6.07, 6.45) is 2.80. The topological polar surface area (TPSA) is 76.8 Å². The van der Waals surface area contributed by atoms with Gasteiger partial charge >= 0.3 is 0 Å². The second kappa shape index (κ2) is 11.3. The number of hydroxylamine groups is 2. The van der Waals surface area contributed by atoms with Crippen LogP contribution in [0.5, 0.6) is 11.6 Å². The van der Waals surface area contributed by atoms with Crippen LogP contribution in [0.2, 0.25) is 0 Å². The molecular formula is C34H28FN3O4. The van der Waals surface area contributed by atoms with Gasteiger partial charge in [0.2, 0.25) is 5.88 Å². The maximum Gasteiger partial charge on any atom is 0.278 e. The van der Waals surface area contributed by atoms with Crippen molar-refractivity contribution in [2.45, 2.75) is 12.6 Å². The molecule has 1 amide bonds. The fourth-order valence-corrected chi connectivity index (χ4v) is 5.21. The fourth-order valence-electron chi connectivity index (χ4n) is 5.21. The summed E-state index contributed by atoms with van der Waals surface area (Å²) in [5, 5.41) is 14.2. The molecule has 1 N–H and O–H groups in total. The summed E-state index contributed by atoms with van der Waals surface area (Å²) in [5.74, 6) is -0.526. The molecule has 210 valence electrons. The van der Waals surface area contributed by atoms with E-state index in [-0.39, 0.29) is 18.2 Å². The number of aromatic nitrogens is 2. The number of halogens is 1. The number of ether oxygens (including phenoxy) is 1. The van der Waals surface area contributed by atoms with E-state index in [9.17, 15) is 14.3 Å². The van der Waals surface area contributed by atoms with Gasteiger partial charge in [0.25, 0.3) is 5.91 Å². The molecular weight excluding hydrogens is 533 g/mol. The van der Waals surface area contributed by atoms with Crippen LogP contribution in [-0.2, 0) is 11.4 Å². The first-order valence-electron chi connectivity index (χ1n) is 13.4. The van der Waals surface area contributed by atoms with Gasteiger partial charge in [0.15, 0.2) is 5.75 Å². The van der Waals surface area contributed by atoms with Crippen molar-refractivity contribution in [3.8, 4) is 11.6 Å². The van der Waals surface area contributed by atoms with Gasteiger partial charge in [0.05, 0.1) is 24.6 Å². The Morgan fingerprint density at radius 1 is 0.929 bits per heavy atom. The van der Waals surface area contributed by atoms with Crippen LogP contribution >= 0.6 is 0 Å². The van der Waals surface area contributed by atoms with E-state index >= 15 is 0 Å². The highest BCUT2D eigenvalue weighted by atomic mass is 19.1. The second-order valence-corrected chi connectivity index (χ2v) is 9.90. The van der Waals surface area contributed by atoms with Crippen LogP contribution in [0.25, 0.3) is 21.7 Å². The van der Waals surface area contributed by atoms with E-state index < -0.39 is 12.0 Å². The minimum absolute atomic E-state index is 0.106. The van der Waals surface area contributed by atoms with E-state index in [1.54, 1.807) is 41.2 Å². The van der Waals surface area contributed by atoms with Crippen LogP contribution in [0, 0.1) is 5.82 Å². The van der Waals surface area contributed by atoms with Crippen molar-refractivity contribution in [2.75, 3.05) is 14.2 Å². The molecule has 0 aliphatic rings. The SMILES string of the molecule is CON(C)C(=O)c1c2cccnc2c(OC(c2ccccc2)c2ccccc2)c2c(O)n(Cc3ccc(F)cc3)cc12. The molecule has 0 bridgehead atoms. The van der Waals surface area contributed by atoms with Gasteiger partial charge in [0.1, 0.15) is 17.4 Å². The molecule has 0 atom stereocenters. The Hall–Kier alpha value is -5.21. The monoisotopic (exact) mass is 561 g/mol. The first-order valence-corrected chi connectivity index (χ1v) is 13.4. The molecule has 2 aromatic heterocycles. The number of fused-ring (bicyclic) bond motifs is 2. The molecule has 0 aliphatic carbocycles. The summed E-state index contributed by atoms with van der Waals surface area (Å²) < 4.78 is 22.1. The normalized spacial score (nSPS) is 11.3. The molecule has 4 aromatic carbocycles. The van der Waals surface area contributed by atoms with Gasteiger partial charge in [-0.15, -0.1) is 0 Å². The van der Waals surface area contributed by atoms with Crippen molar-refractivity contribution in [1.82, 2.24) is 14.6 Å². The Labute approximate surface area is 241 Å². The van der Waals surface area contributed by atoms with E-state index in [4.69, 9.17) is 9.57 Å². The minimum Gasteiger partial charge on any atom is -0.494 e. The van der Waals surface area contributed by atoms with E-state index in [0.29, 0.717) is 33.0 Å². The Bertz CT molecular complexity index is 1830. The lowest BCUT2D eigenvalue weighted by Gasteiger charge is -2.23. The molecule has 2 heterocycles. The number of aromatic hydroxyl groups is 1. The van der Waals surface area contributed by atoms with Crippen LogP contribution in [0.3, 0.4) is 0 Å². The average molecular weight is 562 g/mol. The van der Waals surface area contributed by atoms with E-state index in [1.165, 1.54) is 26.3 Å². The van der Waals surface area contributed by atoms with Crippen molar-refractivity contribution in [3.63, 3.8) is 0 Å². The molecule has 8 heteroatoms. The van der Waals surface area contributed by atoms with Crippen molar-refractivity contribution in [3.05, 3.63) is 138 Å². The quantitative estimate of drug-likeness (QED) is 0.205. The molecule has 0 unspecified atom stereocenters. The lowest BCUT2D eigenvalue weighted by molar-refractivity contribution is -0.0754. The van der Waals surface area contributed by atoms with Gasteiger partial charge in [-0.3, -0.25) is 14.6 Å². The summed E-state index contributed by atoms with van der Waals surface area (Å²) in [4.78, 5) is 23.6. The highest BCUT2D eigenvalue weighted by Gasteiger charge is 2.29. The summed E-state index contributed by atoms with van der Waals surface area (Å²) in [6, 6.07) is 29.2. The lowest BCUT2D eigenvalue weighted by Crippen LogP contribution is -2.26. The highest BCUT2D eigenvalue weighted by Crippen LogP contribution is 2.45. The maximum atomic E-state index is 13.7. The standard InChI is InChI=1S/C34H28FN3O4/c1-37(41-2)33(39)28-26-14-9-19-36-30(26)32(42-31(23-10-5-3-6-11-23)24-12-7-4-8-13-24)29-27(28)21-38(34(29)40)20-22-15-17-25(35)18-16-22/h3-19,21,31,40H,20H2,1-2H3. The summed E-state index contributed by atoms with van der Waals surface area (Å²) in [5.41, 5.74) is 3.32. The van der Waals surface area contributed by atoms with Crippen molar-refractivity contribution >= 4 is 27.6 Å². The second-order valence-electron chi connectivity index (χ2n) is 9.90. The van der Waals surface area contributed by atoms with Gasteiger partial charge in [-0.2, -0.15) is 0 Å². The van der Waals surface area contributed by atoms with E-state index in [2.05, 4.69) is 4.98 Å². The number of carbonyl (C=O) groups is 1. The molecule has 0 spiro atoms. The predicted octanol–water partition coefficient (Wildman–Crippen LogP) is 6.88. The third-order valence-corrected chi connectivity index (χ3v) is 7.32. The largest absolute Gasteiger partial charge is 0.494 e. The van der Waals surface area contributed by atoms with Gasteiger partial charge in [-0.1, -0.05) is 78.9 Å². The summed E-state index contributed by atoms with van der Waals surface area (Å²) in [7, 11) is 2.94. The molecule has 0 saturated heterocycles. The Kier molecular flexibility index (Phi) is 7.29. The van der Waals surface area contributed by atoms with Crippen LogP contribution < -0.4 is 4.74 Å². The predicted molar refractivity (Wildman–Crippen MR) is 159 cm³/mol. The van der Waals surface area contributed by atoms with E-state index in [1.807, 2.05) is 60.7 Å². The lowest BCUT2D eigenvalue weighted by atomic mass is 9.99. The smallest absolute Gasteiger partial charge is 0.278 e. The third kappa shape index (κ3) is 4.93. The van der Waals surface area contributed by atoms with Gasteiger partial charge in [-0.25, -0.2) is 9.45 Å². The Morgan fingerprint density at radius 3 is 2.19 bits per heavy atom. The van der Waals surface area contributed by atoms with Crippen LogP contribution in [0.4, 0.5) is 4.39 Å². The van der Waals surface area contributed by atoms with Crippen molar-refractivity contribution in [2.24, 2.45) is 0 Å². The molecule has 0 aliphatic heterocycles. The zero-order valence-electron chi connectivity index (χ0n) is 23.1. The molecule has 0 radical (unpaired) electrons. The number of hydrogen-bond acceptors (Lipinski definition) is 5. The zero-order chi connectivity index (χ0) is 29.2. The number of amides is 1. The van der Waals surface area contributed by atoms with Gasteiger partial charge < -0.3 is 14.4 Å². The third-order valence-electron chi connectivity index (χ3n) is 7.32. The number of benzene rings is 4. The number of carbonyl (C=O) groups excluding carboxylic acids is 1. The number of rotatable bonds is 8. The number of pyridine rings is 1. The highest BCUT2D eigenvalue weighted by molar-refractivity contribution is 6.21. The Balaban J connectivity index is 1.63. The molecule has 6 aromatic rings. The first-order chi connectivity index (χ1) is 20.5. The van der Waals surface area contributed by atoms with Crippen LogP contribution in [-0.4, -0.2) is 39.8 Å². The van der Waals surface area contributed by atoms with Crippen molar-refractivity contribution in [1.29, 1.82) is 0 Å². The van der Waals surface area contributed by atoms with E-state index in [0.717, 1.165) is 21.8 Å². The Morgan fingerprint density at radius 2 is 1.57 bits per heavy atom. The first kappa shape index (κ1) is 27.0. The van der Waals surface area contributed by atoms with Gasteiger partial charge in [0, 0.05) is 30.2 Å². The van der Waals surface area contributed by atoms with Crippen LogP contribution in [0.1, 0.15) is 33.2 Å². The van der Waals surface area contributed by atoms with Crippen molar-refractivity contribution < 1.29 is 23.9 Å². The fraction of sp³-hybridized carbons (Fsp3) is 0.118. The minimum atomic E-state index is -0.538. The zero-order valence-corrected chi connectivity index (χ0v) is 23.1. The van der Waals surface area contributed by atoms with Crippen LogP contribution in [0.15, 0.2) is 109 Å². The molecule has 6 rings (SSSR count). The molecule has 0 fully saturated rings. The number of nitrogens with zero attached hydrogens (tertiary/aromatic N) is 3. The summed E-state index contributed by atoms with van der Waals surface area (Å²) >= 11 is 0.